The van der Waals surface area contributed by atoms with Crippen molar-refractivity contribution in [1.29, 1.82) is 0 Å². The van der Waals surface area contributed by atoms with Crippen molar-refractivity contribution in [2.45, 2.75) is 45.8 Å². The molecule has 6 rings (SSSR count). The Bertz CT molecular complexity index is 1910. The number of aromatic nitrogens is 2. The molecule has 0 saturated carbocycles. The fourth-order valence-corrected chi connectivity index (χ4v) is 6.38. The van der Waals surface area contributed by atoms with Crippen molar-refractivity contribution in [3.63, 3.8) is 0 Å². The molecule has 0 aliphatic rings. The number of fused-ring (bicyclic) bond motifs is 1. The second-order valence-corrected chi connectivity index (χ2v) is 13.6. The van der Waals surface area contributed by atoms with Gasteiger partial charge in [0.1, 0.15) is 16.9 Å². The first-order chi connectivity index (χ1) is 23.0. The van der Waals surface area contributed by atoms with Gasteiger partial charge in [0.15, 0.2) is 0 Å². The van der Waals surface area contributed by atoms with Crippen molar-refractivity contribution in [3.05, 3.63) is 168 Å². The van der Waals surface area contributed by atoms with Gasteiger partial charge in [-0.25, -0.2) is 4.98 Å². The molecule has 246 valence electrons. The molecule has 1 atom stereocenters. The van der Waals surface area contributed by atoms with Gasteiger partial charge in [0, 0.05) is 6.20 Å². The summed E-state index contributed by atoms with van der Waals surface area (Å²) in [6, 6.07) is 42.9. The van der Waals surface area contributed by atoms with Gasteiger partial charge in [-0.15, -0.1) is 0 Å². The van der Waals surface area contributed by atoms with Crippen molar-refractivity contribution in [2.75, 3.05) is 6.79 Å². The Labute approximate surface area is 312 Å². The molecule has 0 fully saturated rings. The van der Waals surface area contributed by atoms with Gasteiger partial charge in [0.2, 0.25) is 6.79 Å². The average Bonchev–Trinajstić information content (AvgIpc) is 3.60. The van der Waals surface area contributed by atoms with Crippen LogP contribution in [0.3, 0.4) is 0 Å². The standard InChI is InChI=1S/C42H42N2O4.Na.H/c1-30(2)42(46,36-23-21-32-26-37(24-22-31(32)25-36)47-29-48-39(45)40(3,4)5)38-27-44(28-43-38)41(33-15-9-6-10-16-33,34-17-11-7-12-18-34)35-19-13-8-14-20-35;;/h6-28,30,46H,29H2,1-5H3;;/q;+1;-1. The molecular weight excluding hydrogens is 619 g/mol. The molecule has 6 nitrogen and oxygen atoms in total. The third kappa shape index (κ3) is 6.97. The fraction of sp³-hybridized carbons (Fsp3) is 0.238. The molecule has 49 heavy (non-hydrogen) atoms. The summed E-state index contributed by atoms with van der Waals surface area (Å²) in [6.45, 7) is 9.27. The summed E-state index contributed by atoms with van der Waals surface area (Å²) >= 11 is 0. The summed E-state index contributed by atoms with van der Waals surface area (Å²) in [5.74, 6) is 0.0729. The van der Waals surface area contributed by atoms with Gasteiger partial charge in [0.05, 0.1) is 17.4 Å². The van der Waals surface area contributed by atoms with E-state index in [4.69, 9.17) is 14.5 Å². The van der Waals surface area contributed by atoms with Crippen LogP contribution < -0.4 is 34.3 Å². The van der Waals surface area contributed by atoms with E-state index in [-0.39, 0.29) is 49.7 Å². The Morgan fingerprint density at radius 1 is 0.755 bits per heavy atom. The summed E-state index contributed by atoms with van der Waals surface area (Å²) in [5, 5.41) is 14.5. The summed E-state index contributed by atoms with van der Waals surface area (Å²) in [5.41, 5.74) is 1.82. The normalized spacial score (nSPS) is 13.0. The molecule has 0 radical (unpaired) electrons. The topological polar surface area (TPSA) is 73.6 Å². The largest absolute Gasteiger partial charge is 1.00 e. The van der Waals surface area contributed by atoms with Crippen LogP contribution in [0.1, 0.15) is 64.0 Å². The van der Waals surface area contributed by atoms with E-state index in [9.17, 15) is 9.90 Å². The molecule has 0 amide bonds. The quantitative estimate of drug-likeness (QED) is 0.0868. The molecule has 5 aromatic carbocycles. The monoisotopic (exact) mass is 662 g/mol. The molecule has 7 heteroatoms. The zero-order chi connectivity index (χ0) is 33.9. The van der Waals surface area contributed by atoms with Crippen LogP contribution in [0, 0.1) is 11.3 Å². The fourth-order valence-electron chi connectivity index (χ4n) is 6.38. The molecule has 1 aromatic heterocycles. The van der Waals surface area contributed by atoms with Crippen molar-refractivity contribution in [3.8, 4) is 5.75 Å². The van der Waals surface area contributed by atoms with E-state index in [1.165, 1.54) is 0 Å². The van der Waals surface area contributed by atoms with Crippen LogP contribution in [-0.2, 0) is 20.7 Å². The van der Waals surface area contributed by atoms with Crippen molar-refractivity contribution < 1.29 is 50.4 Å². The Balaban J connectivity index is 0.00000281. The van der Waals surface area contributed by atoms with E-state index in [0.717, 1.165) is 33.0 Å². The van der Waals surface area contributed by atoms with Gasteiger partial charge in [0.25, 0.3) is 0 Å². The smallest absolute Gasteiger partial charge is 1.00 e. The number of carbonyl (C=O) groups is 1. The van der Waals surface area contributed by atoms with Crippen LogP contribution in [0.5, 0.6) is 5.75 Å². The molecule has 1 N–H and O–H groups in total. The maximum atomic E-state index is 12.6. The zero-order valence-corrected chi connectivity index (χ0v) is 31.1. The van der Waals surface area contributed by atoms with E-state index in [0.29, 0.717) is 11.4 Å². The van der Waals surface area contributed by atoms with E-state index < -0.39 is 16.6 Å². The predicted molar refractivity (Wildman–Crippen MR) is 191 cm³/mol. The number of benzene rings is 5. The van der Waals surface area contributed by atoms with Gasteiger partial charge in [-0.05, 0) is 77.9 Å². The molecular formula is C42H43N2NaO4. The molecule has 1 unspecified atom stereocenters. The summed E-state index contributed by atoms with van der Waals surface area (Å²) in [6.07, 6.45) is 3.83. The maximum Gasteiger partial charge on any atom is 1.00 e. The minimum Gasteiger partial charge on any atom is -1.00 e. The van der Waals surface area contributed by atoms with Gasteiger partial charge in [-0.3, -0.25) is 4.79 Å². The predicted octanol–water partition coefficient (Wildman–Crippen LogP) is 5.81. The minimum atomic E-state index is -1.38. The number of aliphatic hydroxyl groups is 1. The second kappa shape index (κ2) is 14.7. The molecule has 0 aliphatic heterocycles. The van der Waals surface area contributed by atoms with Crippen LogP contribution in [0.4, 0.5) is 0 Å². The molecule has 6 aromatic rings. The van der Waals surface area contributed by atoms with Crippen molar-refractivity contribution >= 4 is 16.7 Å². The third-order valence-electron chi connectivity index (χ3n) is 9.05. The van der Waals surface area contributed by atoms with E-state index >= 15 is 0 Å². The second-order valence-electron chi connectivity index (χ2n) is 13.6. The van der Waals surface area contributed by atoms with Gasteiger partial charge < -0.3 is 20.6 Å². The van der Waals surface area contributed by atoms with Crippen LogP contribution in [0.25, 0.3) is 10.8 Å². The number of nitrogens with zero attached hydrogens (tertiary/aromatic N) is 2. The number of imidazole rings is 1. The Hall–Kier alpha value is -4.20. The number of ether oxygens (including phenoxy) is 2. The Morgan fingerprint density at radius 2 is 1.27 bits per heavy atom. The van der Waals surface area contributed by atoms with Crippen LogP contribution in [0.15, 0.2) is 140 Å². The third-order valence-corrected chi connectivity index (χ3v) is 9.05. The number of carbonyl (C=O) groups excluding carboxylic acids is 1. The van der Waals surface area contributed by atoms with Gasteiger partial charge in [-0.2, -0.15) is 0 Å². The van der Waals surface area contributed by atoms with Crippen molar-refractivity contribution in [2.24, 2.45) is 11.3 Å². The molecule has 0 saturated heterocycles. The summed E-state index contributed by atoms with van der Waals surface area (Å²) in [4.78, 5) is 17.1. The van der Waals surface area contributed by atoms with Crippen molar-refractivity contribution in [1.82, 2.24) is 9.55 Å². The van der Waals surface area contributed by atoms with Crippen LogP contribution >= 0.6 is 0 Å². The first-order valence-electron chi connectivity index (χ1n) is 16.3. The zero-order valence-electron chi connectivity index (χ0n) is 30.1. The molecule has 0 bridgehead atoms. The first-order valence-corrected chi connectivity index (χ1v) is 16.3. The van der Waals surface area contributed by atoms with E-state index in [1.54, 1.807) is 20.8 Å². The number of rotatable bonds is 10. The van der Waals surface area contributed by atoms with Crippen LogP contribution in [-0.4, -0.2) is 27.4 Å². The average molecular weight is 663 g/mol. The van der Waals surface area contributed by atoms with E-state index in [2.05, 4.69) is 77.4 Å². The summed E-state index contributed by atoms with van der Waals surface area (Å²) < 4.78 is 13.1. The molecule has 1 heterocycles. The number of hydrogen-bond acceptors (Lipinski definition) is 5. The SMILES string of the molecule is CC(C)C(O)(c1ccc2cc(OCOC(=O)C(C)(C)C)ccc2c1)c1cn(C(c2ccccc2)(c2ccccc2)c2ccccc2)cn1.[H-].[Na+]. The summed E-state index contributed by atoms with van der Waals surface area (Å²) in [7, 11) is 0. The molecule has 0 spiro atoms. The van der Waals surface area contributed by atoms with Crippen LogP contribution in [0.2, 0.25) is 0 Å². The number of hydrogen-bond donors (Lipinski definition) is 1. The minimum absolute atomic E-state index is 0. The van der Waals surface area contributed by atoms with Gasteiger partial charge >= 0.3 is 35.5 Å². The Kier molecular flexibility index (Phi) is 10.9. The maximum absolute atomic E-state index is 12.6. The van der Waals surface area contributed by atoms with E-state index in [1.807, 2.05) is 81.0 Å². The first kappa shape index (κ1) is 36.1. The van der Waals surface area contributed by atoms with Gasteiger partial charge in [-0.1, -0.05) is 123 Å². The molecule has 0 aliphatic carbocycles. The Morgan fingerprint density at radius 3 is 1.78 bits per heavy atom. The number of esters is 1.